The van der Waals surface area contributed by atoms with Gasteiger partial charge in [0.05, 0.1) is 12.2 Å². The highest BCUT2D eigenvalue weighted by atomic mass is 28.4. The number of aliphatic hydroxyl groups excluding tert-OH is 4. The summed E-state index contributed by atoms with van der Waals surface area (Å²) in [6, 6.07) is 0. The van der Waals surface area contributed by atoms with Crippen molar-refractivity contribution in [2.75, 3.05) is 6.61 Å². The molecule has 6 heteroatoms. The Bertz CT molecular complexity index is 330. The number of rotatable bonds is 12. The minimum Gasteiger partial charge on any atom is -0.417 e. The van der Waals surface area contributed by atoms with Crippen LogP contribution in [0.15, 0.2) is 0 Å². The molecule has 146 valence electrons. The predicted molar refractivity (Wildman–Crippen MR) is 101 cm³/mol. The van der Waals surface area contributed by atoms with Crippen molar-refractivity contribution in [1.82, 2.24) is 0 Å². The van der Waals surface area contributed by atoms with Gasteiger partial charge in [0, 0.05) is 6.61 Å². The van der Waals surface area contributed by atoms with Gasteiger partial charge in [-0.3, -0.25) is 0 Å². The first-order valence-electron chi connectivity index (χ1n) is 9.30. The maximum absolute atomic E-state index is 10.00. The molecule has 0 aromatic carbocycles. The maximum atomic E-state index is 10.00. The van der Waals surface area contributed by atoms with Crippen molar-refractivity contribution < 1.29 is 24.9 Å². The smallest absolute Gasteiger partial charge is 0.191 e. The van der Waals surface area contributed by atoms with E-state index in [0.29, 0.717) is 25.9 Å². The van der Waals surface area contributed by atoms with Crippen LogP contribution in [0.3, 0.4) is 0 Å². The first kappa shape index (κ1) is 24.0. The average molecular weight is 365 g/mol. The number of hydrogen-bond acceptors (Lipinski definition) is 5. The molecule has 0 heterocycles. The van der Waals surface area contributed by atoms with E-state index in [9.17, 15) is 20.4 Å². The summed E-state index contributed by atoms with van der Waals surface area (Å²) < 4.78 is 6.07. The van der Waals surface area contributed by atoms with Crippen LogP contribution in [0, 0.1) is 0 Å². The van der Waals surface area contributed by atoms with Crippen LogP contribution in [-0.2, 0) is 4.43 Å². The van der Waals surface area contributed by atoms with Crippen molar-refractivity contribution in [3.63, 3.8) is 0 Å². The monoisotopic (exact) mass is 364 g/mol. The second-order valence-corrected chi connectivity index (χ2v) is 13.2. The van der Waals surface area contributed by atoms with E-state index in [0.717, 1.165) is 19.3 Å². The van der Waals surface area contributed by atoms with Gasteiger partial charge in [0.15, 0.2) is 8.32 Å². The molecular formula is C18H40O5Si. The molecule has 0 unspecified atom stereocenters. The van der Waals surface area contributed by atoms with Gasteiger partial charge >= 0.3 is 0 Å². The van der Waals surface area contributed by atoms with Crippen LogP contribution in [0.5, 0.6) is 0 Å². The van der Waals surface area contributed by atoms with Gasteiger partial charge in [-0.15, -0.1) is 0 Å². The van der Waals surface area contributed by atoms with Crippen molar-refractivity contribution in [3.8, 4) is 0 Å². The quantitative estimate of drug-likeness (QED) is 0.316. The van der Waals surface area contributed by atoms with Crippen molar-refractivity contribution >= 4 is 8.32 Å². The van der Waals surface area contributed by atoms with Crippen LogP contribution >= 0.6 is 0 Å². The lowest BCUT2D eigenvalue weighted by Crippen LogP contribution is -2.44. The molecule has 0 aliphatic heterocycles. The Hall–Kier alpha value is 0.0169. The van der Waals surface area contributed by atoms with Crippen LogP contribution in [0.2, 0.25) is 18.1 Å². The molecule has 0 saturated heterocycles. The third-order valence-corrected chi connectivity index (χ3v) is 9.69. The van der Waals surface area contributed by atoms with E-state index in [1.165, 1.54) is 0 Å². The highest BCUT2D eigenvalue weighted by Gasteiger charge is 2.36. The minimum atomic E-state index is -1.73. The van der Waals surface area contributed by atoms with Crippen molar-refractivity contribution in [2.24, 2.45) is 0 Å². The van der Waals surface area contributed by atoms with Gasteiger partial charge in [0.25, 0.3) is 0 Å². The molecule has 0 aromatic rings. The Kier molecular flexibility index (Phi) is 10.9. The lowest BCUT2D eigenvalue weighted by molar-refractivity contribution is -0.108. The first-order valence-corrected chi connectivity index (χ1v) is 12.2. The van der Waals surface area contributed by atoms with E-state index in [1.807, 2.05) is 6.92 Å². The average Bonchev–Trinajstić information content (AvgIpc) is 2.49. The van der Waals surface area contributed by atoms with E-state index in [4.69, 9.17) is 4.43 Å². The molecule has 0 bridgehead atoms. The van der Waals surface area contributed by atoms with Crippen LogP contribution in [0.1, 0.15) is 66.2 Å². The fourth-order valence-corrected chi connectivity index (χ4v) is 3.30. The summed E-state index contributed by atoms with van der Waals surface area (Å²) in [5, 5.41) is 39.9. The Labute approximate surface area is 149 Å². The normalized spacial score (nSPS) is 18.2. The fraction of sp³-hybridized carbons (Fsp3) is 1.00. The molecule has 0 amide bonds. The zero-order valence-electron chi connectivity index (χ0n) is 16.5. The third-order valence-electron chi connectivity index (χ3n) is 5.16. The minimum absolute atomic E-state index is 0.182. The zero-order valence-corrected chi connectivity index (χ0v) is 17.5. The topological polar surface area (TPSA) is 90.2 Å². The Morgan fingerprint density at radius 2 is 1.29 bits per heavy atom. The van der Waals surface area contributed by atoms with Gasteiger partial charge in [-0.2, -0.15) is 0 Å². The molecule has 0 rings (SSSR count). The highest BCUT2D eigenvalue weighted by Crippen LogP contribution is 2.36. The van der Waals surface area contributed by atoms with E-state index < -0.39 is 32.7 Å². The summed E-state index contributed by atoms with van der Waals surface area (Å²) in [6.45, 7) is 13.7. The van der Waals surface area contributed by atoms with Gasteiger partial charge in [-0.05, 0) is 43.8 Å². The molecular weight excluding hydrogens is 324 g/mol. The SMILES string of the molecule is CCCC[C@H](O)[C@@H](O)[C@H](O)[C@H](O)CCCCO[Si](C)(C)C(C)(C)C. The van der Waals surface area contributed by atoms with Gasteiger partial charge in [0.2, 0.25) is 0 Å². The van der Waals surface area contributed by atoms with Gasteiger partial charge in [0.1, 0.15) is 12.2 Å². The molecule has 0 fully saturated rings. The second kappa shape index (κ2) is 10.9. The Morgan fingerprint density at radius 1 is 0.833 bits per heavy atom. The van der Waals surface area contributed by atoms with Crippen molar-refractivity contribution in [1.29, 1.82) is 0 Å². The second-order valence-electron chi connectivity index (χ2n) is 8.36. The Balaban J connectivity index is 4.06. The van der Waals surface area contributed by atoms with Gasteiger partial charge in [-0.1, -0.05) is 40.5 Å². The number of hydrogen-bond donors (Lipinski definition) is 4. The van der Waals surface area contributed by atoms with Gasteiger partial charge in [-0.25, -0.2) is 0 Å². The summed E-state index contributed by atoms with van der Waals surface area (Å²) in [4.78, 5) is 0. The van der Waals surface area contributed by atoms with Crippen LogP contribution in [0.4, 0.5) is 0 Å². The van der Waals surface area contributed by atoms with Crippen LogP contribution in [0.25, 0.3) is 0 Å². The molecule has 4 atom stereocenters. The summed E-state index contributed by atoms with van der Waals surface area (Å²) in [6.07, 6.45) is -0.576. The summed E-state index contributed by atoms with van der Waals surface area (Å²) in [5.74, 6) is 0. The number of aliphatic hydroxyl groups is 4. The highest BCUT2D eigenvalue weighted by molar-refractivity contribution is 6.74. The standard InChI is InChI=1S/C18H40O5Si/c1-7-8-11-14(19)16(21)17(22)15(20)12-9-10-13-23-24(5,6)18(2,3)4/h14-17,19-22H,7-13H2,1-6H3/t14-,15+,16+,17+/m0/s1. The lowest BCUT2D eigenvalue weighted by Gasteiger charge is -2.36. The largest absolute Gasteiger partial charge is 0.417 e. The molecule has 5 nitrogen and oxygen atoms in total. The van der Waals surface area contributed by atoms with E-state index >= 15 is 0 Å². The summed E-state index contributed by atoms with van der Waals surface area (Å²) >= 11 is 0. The predicted octanol–water partition coefficient (Wildman–Crippen LogP) is 2.81. The molecule has 0 aliphatic rings. The third kappa shape index (κ3) is 8.40. The lowest BCUT2D eigenvalue weighted by atomic mass is 9.96. The van der Waals surface area contributed by atoms with Crippen LogP contribution < -0.4 is 0 Å². The number of unbranched alkanes of at least 4 members (excludes halogenated alkanes) is 2. The molecule has 0 saturated carbocycles. The summed E-state index contributed by atoms with van der Waals surface area (Å²) in [7, 11) is -1.73. The molecule has 0 radical (unpaired) electrons. The first-order chi connectivity index (χ1) is 10.9. The fourth-order valence-electron chi connectivity index (χ4n) is 2.21. The summed E-state index contributed by atoms with van der Waals surface area (Å²) in [5.41, 5.74) is 0. The maximum Gasteiger partial charge on any atom is 0.191 e. The molecule has 0 aromatic heterocycles. The van der Waals surface area contributed by atoms with Gasteiger partial charge < -0.3 is 24.9 Å². The van der Waals surface area contributed by atoms with E-state index in [-0.39, 0.29) is 5.04 Å². The molecule has 4 N–H and O–H groups in total. The van der Waals surface area contributed by atoms with E-state index in [2.05, 4.69) is 33.9 Å². The van der Waals surface area contributed by atoms with E-state index in [1.54, 1.807) is 0 Å². The zero-order chi connectivity index (χ0) is 19.0. The molecule has 0 spiro atoms. The Morgan fingerprint density at radius 3 is 1.71 bits per heavy atom. The van der Waals surface area contributed by atoms with Crippen LogP contribution in [-0.4, -0.2) is 59.8 Å². The van der Waals surface area contributed by atoms with Crippen molar-refractivity contribution in [3.05, 3.63) is 0 Å². The van der Waals surface area contributed by atoms with Crippen molar-refractivity contribution in [2.45, 2.75) is 109 Å². The molecule has 0 aliphatic carbocycles. The molecule has 24 heavy (non-hydrogen) atoms.